The number of nitrogens with one attached hydrogen (secondary N) is 1. The Morgan fingerprint density at radius 1 is 1.14 bits per heavy atom. The van der Waals surface area contributed by atoms with Gasteiger partial charge in [-0.15, -0.1) is 12.4 Å². The standard InChI is InChI=1S/C26H28N4O4.ClH/c1-2-34-27-17-18-3-6-21-24(15-18)29-26(31)25(21)23-7-4-19-16-20(5-8-22(19)28-23)33-14-11-30-9-12-32-13-10-30;/h3-8,15-17,29,31H,2,9-14H2,1H3;1H/b27-17+;. The van der Waals surface area contributed by atoms with Gasteiger partial charge in [0.2, 0.25) is 0 Å². The third-order valence-electron chi connectivity index (χ3n) is 5.90. The number of rotatable bonds is 8. The predicted molar refractivity (Wildman–Crippen MR) is 140 cm³/mol. The average Bonchev–Trinajstić information content (AvgIpc) is 3.19. The number of aromatic nitrogens is 2. The average molecular weight is 497 g/mol. The highest BCUT2D eigenvalue weighted by molar-refractivity contribution is 6.01. The lowest BCUT2D eigenvalue weighted by atomic mass is 10.1. The Balaban J connectivity index is 0.00000289. The van der Waals surface area contributed by atoms with Crippen molar-refractivity contribution in [2.75, 3.05) is 46.1 Å². The van der Waals surface area contributed by atoms with Crippen LogP contribution in [0, 0.1) is 0 Å². The zero-order valence-corrected chi connectivity index (χ0v) is 20.4. The van der Waals surface area contributed by atoms with Gasteiger partial charge < -0.3 is 24.4 Å². The van der Waals surface area contributed by atoms with E-state index in [4.69, 9.17) is 19.3 Å². The Morgan fingerprint density at radius 2 is 2.00 bits per heavy atom. The molecule has 5 rings (SSSR count). The number of pyridine rings is 1. The van der Waals surface area contributed by atoms with E-state index in [9.17, 15) is 5.11 Å². The van der Waals surface area contributed by atoms with Crippen LogP contribution in [0.3, 0.4) is 0 Å². The monoisotopic (exact) mass is 496 g/mol. The molecule has 2 aromatic carbocycles. The molecule has 2 N–H and O–H groups in total. The van der Waals surface area contributed by atoms with Gasteiger partial charge in [0.15, 0.2) is 5.88 Å². The largest absolute Gasteiger partial charge is 0.494 e. The van der Waals surface area contributed by atoms with Crippen molar-refractivity contribution in [1.29, 1.82) is 0 Å². The second kappa shape index (κ2) is 11.4. The van der Waals surface area contributed by atoms with Crippen molar-refractivity contribution in [3.63, 3.8) is 0 Å². The fourth-order valence-corrected chi connectivity index (χ4v) is 4.16. The second-order valence-electron chi connectivity index (χ2n) is 8.16. The van der Waals surface area contributed by atoms with Crippen LogP contribution in [0.2, 0.25) is 0 Å². The first kappa shape index (κ1) is 24.8. The Kier molecular flexibility index (Phi) is 8.07. The van der Waals surface area contributed by atoms with E-state index in [-0.39, 0.29) is 18.3 Å². The predicted octanol–water partition coefficient (Wildman–Crippen LogP) is 4.59. The molecule has 8 nitrogen and oxygen atoms in total. The van der Waals surface area contributed by atoms with Gasteiger partial charge in [0.25, 0.3) is 0 Å². The summed E-state index contributed by atoms with van der Waals surface area (Å²) in [6, 6.07) is 15.6. The summed E-state index contributed by atoms with van der Waals surface area (Å²) in [4.78, 5) is 15.2. The third kappa shape index (κ3) is 5.67. The van der Waals surface area contributed by atoms with Crippen molar-refractivity contribution in [2.24, 2.45) is 5.16 Å². The van der Waals surface area contributed by atoms with Crippen molar-refractivity contribution in [1.82, 2.24) is 14.9 Å². The van der Waals surface area contributed by atoms with E-state index in [2.05, 4.69) is 15.0 Å². The van der Waals surface area contributed by atoms with Crippen molar-refractivity contribution >= 4 is 40.4 Å². The van der Waals surface area contributed by atoms with Crippen LogP contribution in [0.25, 0.3) is 33.1 Å². The summed E-state index contributed by atoms with van der Waals surface area (Å²) < 4.78 is 11.4. The molecular weight excluding hydrogens is 468 g/mol. The summed E-state index contributed by atoms with van der Waals surface area (Å²) in [6.07, 6.45) is 1.65. The lowest BCUT2D eigenvalue weighted by molar-refractivity contribution is 0.0322. The summed E-state index contributed by atoms with van der Waals surface area (Å²) in [5.74, 6) is 0.912. The van der Waals surface area contributed by atoms with Gasteiger partial charge in [-0.25, -0.2) is 4.98 Å². The van der Waals surface area contributed by atoms with Gasteiger partial charge in [-0.2, -0.15) is 0 Å². The normalized spacial score (nSPS) is 14.4. The number of hydrogen-bond acceptors (Lipinski definition) is 7. The zero-order valence-electron chi connectivity index (χ0n) is 19.6. The van der Waals surface area contributed by atoms with E-state index < -0.39 is 0 Å². The smallest absolute Gasteiger partial charge is 0.199 e. The second-order valence-corrected chi connectivity index (χ2v) is 8.16. The van der Waals surface area contributed by atoms with Crippen LogP contribution in [0.1, 0.15) is 12.5 Å². The molecule has 1 aliphatic heterocycles. The molecule has 35 heavy (non-hydrogen) atoms. The first-order chi connectivity index (χ1) is 16.7. The first-order valence-corrected chi connectivity index (χ1v) is 11.6. The van der Waals surface area contributed by atoms with Crippen LogP contribution in [-0.2, 0) is 9.57 Å². The molecule has 0 amide bonds. The molecule has 0 unspecified atom stereocenters. The molecule has 9 heteroatoms. The number of benzene rings is 2. The van der Waals surface area contributed by atoms with E-state index in [1.807, 2.05) is 55.5 Å². The Bertz CT molecular complexity index is 1320. The lowest BCUT2D eigenvalue weighted by Gasteiger charge is -2.26. The van der Waals surface area contributed by atoms with Gasteiger partial charge >= 0.3 is 0 Å². The topological polar surface area (TPSA) is 92.2 Å². The molecule has 1 saturated heterocycles. The maximum Gasteiger partial charge on any atom is 0.199 e. The molecule has 1 fully saturated rings. The van der Waals surface area contributed by atoms with Crippen LogP contribution in [0.15, 0.2) is 53.7 Å². The molecular formula is C26H29ClN4O4. The minimum atomic E-state index is 0. The Morgan fingerprint density at radius 3 is 2.83 bits per heavy atom. The summed E-state index contributed by atoms with van der Waals surface area (Å²) in [5, 5.41) is 16.4. The van der Waals surface area contributed by atoms with E-state index in [1.54, 1.807) is 6.21 Å². The quantitative estimate of drug-likeness (QED) is 0.274. The highest BCUT2D eigenvalue weighted by Gasteiger charge is 2.15. The van der Waals surface area contributed by atoms with Crippen molar-refractivity contribution in [2.45, 2.75) is 6.92 Å². The van der Waals surface area contributed by atoms with Crippen molar-refractivity contribution < 1.29 is 19.4 Å². The van der Waals surface area contributed by atoms with Crippen LogP contribution in [0.4, 0.5) is 0 Å². The number of hydrogen-bond donors (Lipinski definition) is 2. The van der Waals surface area contributed by atoms with Crippen LogP contribution in [-0.4, -0.2) is 72.3 Å². The maximum absolute atomic E-state index is 10.6. The van der Waals surface area contributed by atoms with E-state index in [0.29, 0.717) is 24.5 Å². The third-order valence-corrected chi connectivity index (χ3v) is 5.90. The summed E-state index contributed by atoms with van der Waals surface area (Å²) >= 11 is 0. The highest BCUT2D eigenvalue weighted by atomic mass is 35.5. The summed E-state index contributed by atoms with van der Waals surface area (Å²) in [5.41, 5.74) is 3.90. The minimum Gasteiger partial charge on any atom is -0.494 e. The first-order valence-electron chi connectivity index (χ1n) is 11.6. The zero-order chi connectivity index (χ0) is 23.3. The summed E-state index contributed by atoms with van der Waals surface area (Å²) in [6.45, 7) is 7.41. The van der Waals surface area contributed by atoms with Gasteiger partial charge in [0, 0.05) is 35.9 Å². The Labute approximate surface area is 209 Å². The van der Waals surface area contributed by atoms with E-state index in [0.717, 1.165) is 66.0 Å². The van der Waals surface area contributed by atoms with Crippen LogP contribution < -0.4 is 4.74 Å². The summed E-state index contributed by atoms with van der Waals surface area (Å²) in [7, 11) is 0. The molecule has 0 atom stereocenters. The number of H-pyrrole nitrogens is 1. The molecule has 0 bridgehead atoms. The number of aromatic amines is 1. The fraction of sp³-hybridized carbons (Fsp3) is 0.308. The van der Waals surface area contributed by atoms with Crippen LogP contribution >= 0.6 is 12.4 Å². The van der Waals surface area contributed by atoms with Gasteiger partial charge in [-0.3, -0.25) is 4.90 Å². The lowest BCUT2D eigenvalue weighted by Crippen LogP contribution is -2.38. The fourth-order valence-electron chi connectivity index (χ4n) is 4.16. The van der Waals surface area contributed by atoms with Crippen LogP contribution in [0.5, 0.6) is 11.6 Å². The van der Waals surface area contributed by atoms with E-state index in [1.165, 1.54) is 0 Å². The molecule has 184 valence electrons. The molecule has 1 aliphatic rings. The molecule has 0 aliphatic carbocycles. The molecule has 0 spiro atoms. The Hall–Kier alpha value is -3.33. The molecule has 3 heterocycles. The molecule has 0 radical (unpaired) electrons. The number of aromatic hydroxyl groups is 1. The molecule has 0 saturated carbocycles. The SMILES string of the molecule is CCO/N=C/c1ccc2c(-c3ccc4cc(OCCN5CCOCC5)ccc4n3)c(O)[nH]c2c1.Cl. The maximum atomic E-state index is 10.6. The minimum absolute atomic E-state index is 0. The molecule has 4 aromatic rings. The number of halogens is 1. The van der Waals surface area contributed by atoms with E-state index >= 15 is 0 Å². The number of ether oxygens (including phenoxy) is 2. The number of nitrogens with zero attached hydrogens (tertiary/aromatic N) is 3. The number of oxime groups is 1. The van der Waals surface area contributed by atoms with Gasteiger partial charge in [-0.1, -0.05) is 23.4 Å². The molecule has 2 aromatic heterocycles. The van der Waals surface area contributed by atoms with Crippen molar-refractivity contribution in [3.05, 3.63) is 54.1 Å². The van der Waals surface area contributed by atoms with Gasteiger partial charge in [0.1, 0.15) is 19.0 Å². The van der Waals surface area contributed by atoms with Crippen molar-refractivity contribution in [3.8, 4) is 22.9 Å². The van der Waals surface area contributed by atoms with Gasteiger partial charge in [0.05, 0.1) is 36.2 Å². The van der Waals surface area contributed by atoms with Gasteiger partial charge in [-0.05, 0) is 42.8 Å². The number of morpholine rings is 1. The highest BCUT2D eigenvalue weighted by Crippen LogP contribution is 2.36. The number of fused-ring (bicyclic) bond motifs is 2.